The molecule has 1 saturated heterocycles. The summed E-state index contributed by atoms with van der Waals surface area (Å²) in [7, 11) is 0. The summed E-state index contributed by atoms with van der Waals surface area (Å²) < 4.78 is 8.25. The van der Waals surface area contributed by atoms with Crippen LogP contribution in [-0.4, -0.2) is 39.3 Å². The Labute approximate surface area is 180 Å². The number of carboxylic acids is 1. The second-order valence-electron chi connectivity index (χ2n) is 8.39. The first-order valence-electron chi connectivity index (χ1n) is 11.2. The number of carboxylic acid groups (broad SMARTS) is 1. The highest BCUT2D eigenvalue weighted by molar-refractivity contribution is 5.72. The van der Waals surface area contributed by atoms with Gasteiger partial charge < -0.3 is 21.3 Å². The Morgan fingerprint density at radius 2 is 2.10 bits per heavy atom. The fourth-order valence-electron chi connectivity index (χ4n) is 3.36. The third-order valence-corrected chi connectivity index (χ3v) is 5.49. The number of hydrogen-bond acceptors (Lipinski definition) is 6. The molecule has 0 spiro atoms. The van der Waals surface area contributed by atoms with E-state index in [2.05, 4.69) is 30.7 Å². The van der Waals surface area contributed by atoms with E-state index < -0.39 is 12.0 Å². The van der Waals surface area contributed by atoms with Gasteiger partial charge in [0.2, 0.25) is 5.62 Å². The van der Waals surface area contributed by atoms with Crippen molar-refractivity contribution in [3.05, 3.63) is 17.9 Å². The van der Waals surface area contributed by atoms with E-state index in [1.165, 1.54) is 0 Å². The van der Waals surface area contributed by atoms with E-state index in [0.29, 0.717) is 30.8 Å². The van der Waals surface area contributed by atoms with Gasteiger partial charge in [-0.25, -0.2) is 0 Å². The molecule has 1 aliphatic heterocycles. The molecule has 1 aliphatic rings. The third kappa shape index (κ3) is 8.44. The second-order valence-corrected chi connectivity index (χ2v) is 8.39. The number of aromatic nitrogens is 2. The molecule has 1 aromatic rings. The number of nitrogens with zero attached hydrogens (tertiary/aromatic N) is 3. The van der Waals surface area contributed by atoms with E-state index in [1.807, 2.05) is 24.6 Å². The number of anilines is 1. The van der Waals surface area contributed by atoms with Crippen LogP contribution in [-0.2, 0) is 9.53 Å². The molecule has 0 radical (unpaired) electrons. The van der Waals surface area contributed by atoms with E-state index in [9.17, 15) is 4.79 Å². The van der Waals surface area contributed by atoms with Crippen LogP contribution >= 0.6 is 0 Å². The first-order chi connectivity index (χ1) is 14.2. The largest absolute Gasteiger partial charge is 0.480 e. The van der Waals surface area contributed by atoms with Crippen molar-refractivity contribution in [2.24, 2.45) is 16.1 Å². The van der Waals surface area contributed by atoms with E-state index in [-0.39, 0.29) is 17.7 Å². The van der Waals surface area contributed by atoms with Crippen molar-refractivity contribution in [1.82, 2.24) is 9.55 Å². The van der Waals surface area contributed by atoms with Crippen LogP contribution in [0.25, 0.3) is 0 Å². The zero-order chi connectivity index (χ0) is 22.7. The van der Waals surface area contributed by atoms with Crippen molar-refractivity contribution in [1.29, 1.82) is 0 Å². The number of aliphatic carboxylic acids is 1. The lowest BCUT2D eigenvalue weighted by Gasteiger charge is -2.26. The Hall–Kier alpha value is -1.93. The standard InChI is InChI=1S/C20H35N5O3.C2H6/c1-4-20(2,3)13-14-8-9-17(28-14)25-12-10-16(22)24-19(25)23-11-6-5-7-15(21)18(26)27;1-2/h10,12,14-15,17H,4-9,11,13,21H2,1-3H3,(H,26,27)(H2,22,23,24);1-2H3/t14?,15?,17-;/m1./s1. The topological polar surface area (TPSA) is 129 Å². The zero-order valence-corrected chi connectivity index (χ0v) is 19.3. The molecule has 2 unspecified atom stereocenters. The Balaban J connectivity index is 0.00000218. The maximum absolute atomic E-state index is 10.8. The van der Waals surface area contributed by atoms with E-state index in [4.69, 9.17) is 21.3 Å². The Bertz CT molecular complexity index is 717. The van der Waals surface area contributed by atoms with Crippen LogP contribution in [0.15, 0.2) is 17.3 Å². The average molecular weight is 424 g/mol. The molecule has 5 N–H and O–H groups in total. The first-order valence-corrected chi connectivity index (χ1v) is 11.2. The quantitative estimate of drug-likeness (QED) is 0.494. The number of hydrogen-bond donors (Lipinski definition) is 3. The molecule has 0 bridgehead atoms. The lowest BCUT2D eigenvalue weighted by Crippen LogP contribution is -2.30. The maximum Gasteiger partial charge on any atom is 0.320 e. The van der Waals surface area contributed by atoms with Gasteiger partial charge in [-0.15, -0.1) is 0 Å². The second kappa shape index (κ2) is 12.7. The predicted molar refractivity (Wildman–Crippen MR) is 120 cm³/mol. The summed E-state index contributed by atoms with van der Waals surface area (Å²) in [5.41, 5.74) is 12.2. The minimum Gasteiger partial charge on any atom is -0.480 e. The molecule has 3 atom stereocenters. The normalized spacial score (nSPS) is 20.5. The molecule has 0 saturated carbocycles. The van der Waals surface area contributed by atoms with Crippen molar-refractivity contribution in [2.75, 3.05) is 12.3 Å². The number of rotatable bonds is 10. The number of nitrogen functional groups attached to an aromatic ring is 1. The first kappa shape index (κ1) is 26.1. The van der Waals surface area contributed by atoms with Crippen LogP contribution < -0.4 is 17.1 Å². The molecule has 2 heterocycles. The van der Waals surface area contributed by atoms with Crippen LogP contribution in [0.2, 0.25) is 0 Å². The van der Waals surface area contributed by atoms with Crippen molar-refractivity contribution in [3.8, 4) is 0 Å². The predicted octanol–water partition coefficient (Wildman–Crippen LogP) is 3.48. The van der Waals surface area contributed by atoms with Crippen molar-refractivity contribution < 1.29 is 14.6 Å². The average Bonchev–Trinajstić information content (AvgIpc) is 3.16. The van der Waals surface area contributed by atoms with Gasteiger partial charge in [-0.3, -0.25) is 14.4 Å². The zero-order valence-electron chi connectivity index (χ0n) is 19.3. The van der Waals surface area contributed by atoms with Gasteiger partial charge in [0.1, 0.15) is 18.1 Å². The highest BCUT2D eigenvalue weighted by Gasteiger charge is 2.31. The van der Waals surface area contributed by atoms with Gasteiger partial charge in [0.15, 0.2) is 0 Å². The van der Waals surface area contributed by atoms with Crippen LogP contribution in [0.5, 0.6) is 0 Å². The Morgan fingerprint density at radius 1 is 1.40 bits per heavy atom. The van der Waals surface area contributed by atoms with E-state index in [0.717, 1.165) is 32.1 Å². The van der Waals surface area contributed by atoms with Gasteiger partial charge in [-0.2, -0.15) is 4.98 Å². The van der Waals surface area contributed by atoms with Gasteiger partial charge >= 0.3 is 5.97 Å². The van der Waals surface area contributed by atoms with Gasteiger partial charge in [0.25, 0.3) is 0 Å². The molecule has 8 heteroatoms. The van der Waals surface area contributed by atoms with Gasteiger partial charge in [-0.1, -0.05) is 41.0 Å². The molecular formula is C22H41N5O3. The molecule has 30 heavy (non-hydrogen) atoms. The summed E-state index contributed by atoms with van der Waals surface area (Å²) in [6.45, 7) is 11.3. The molecule has 0 aliphatic carbocycles. The number of nitrogens with two attached hydrogens (primary N) is 2. The van der Waals surface area contributed by atoms with Crippen molar-refractivity contribution >= 4 is 11.8 Å². The third-order valence-electron chi connectivity index (χ3n) is 5.49. The number of unbranched alkanes of at least 4 members (excludes halogenated alkanes) is 1. The fraction of sp³-hybridized carbons (Fsp3) is 0.773. The van der Waals surface area contributed by atoms with Crippen LogP contribution in [0.4, 0.5) is 5.82 Å². The summed E-state index contributed by atoms with van der Waals surface area (Å²) in [5.74, 6) is -0.545. The Kier molecular flexibility index (Phi) is 11.0. The summed E-state index contributed by atoms with van der Waals surface area (Å²) in [5, 5.41) is 8.82. The number of ether oxygens (including phenoxy) is 1. The molecule has 1 aromatic heterocycles. The molecule has 2 rings (SSSR count). The fourth-order valence-corrected chi connectivity index (χ4v) is 3.36. The van der Waals surface area contributed by atoms with Gasteiger partial charge in [0, 0.05) is 12.7 Å². The molecule has 0 aromatic carbocycles. The lowest BCUT2D eigenvalue weighted by atomic mass is 9.83. The van der Waals surface area contributed by atoms with Gasteiger partial charge in [0.05, 0.1) is 6.10 Å². The van der Waals surface area contributed by atoms with E-state index in [1.54, 1.807) is 6.07 Å². The van der Waals surface area contributed by atoms with Crippen LogP contribution in [0, 0.1) is 5.41 Å². The van der Waals surface area contributed by atoms with Crippen LogP contribution in [0.3, 0.4) is 0 Å². The molecule has 0 amide bonds. The number of carbonyl (C=O) groups is 1. The maximum atomic E-state index is 10.8. The summed E-state index contributed by atoms with van der Waals surface area (Å²) in [4.78, 5) is 19.7. The Morgan fingerprint density at radius 3 is 2.73 bits per heavy atom. The molecular weight excluding hydrogens is 382 g/mol. The summed E-state index contributed by atoms with van der Waals surface area (Å²) in [6.07, 6.45) is 8.06. The highest BCUT2D eigenvalue weighted by Crippen LogP contribution is 2.36. The monoisotopic (exact) mass is 423 g/mol. The SMILES string of the molecule is CC.CCC(C)(C)CC1CC[C@H](n2ccc(N)nc2=NCCCCC(N)C(=O)O)O1. The molecule has 172 valence electrons. The van der Waals surface area contributed by atoms with Crippen molar-refractivity contribution in [3.63, 3.8) is 0 Å². The van der Waals surface area contributed by atoms with Gasteiger partial charge in [-0.05, 0) is 50.0 Å². The summed E-state index contributed by atoms with van der Waals surface area (Å²) in [6, 6.07) is 0.948. The minimum atomic E-state index is -0.966. The van der Waals surface area contributed by atoms with Crippen LogP contribution in [0.1, 0.15) is 85.8 Å². The molecule has 1 fully saturated rings. The van der Waals surface area contributed by atoms with E-state index >= 15 is 0 Å². The highest BCUT2D eigenvalue weighted by atomic mass is 16.5. The minimum absolute atomic E-state index is 0.0788. The smallest absolute Gasteiger partial charge is 0.320 e. The lowest BCUT2D eigenvalue weighted by molar-refractivity contribution is -0.138. The van der Waals surface area contributed by atoms with Crippen molar-refractivity contribution in [2.45, 2.75) is 97.9 Å². The summed E-state index contributed by atoms with van der Waals surface area (Å²) >= 11 is 0. The molecule has 8 nitrogen and oxygen atoms in total.